The number of aromatic carboxylic acids is 1. The van der Waals surface area contributed by atoms with E-state index in [0.29, 0.717) is 43.1 Å². The van der Waals surface area contributed by atoms with Gasteiger partial charge in [0.2, 0.25) is 0 Å². The zero-order valence-electron chi connectivity index (χ0n) is 10.7. The molecular weight excluding hydrogens is 316 g/mol. The van der Waals surface area contributed by atoms with Crippen molar-refractivity contribution in [2.75, 3.05) is 33.5 Å². The van der Waals surface area contributed by atoms with Crippen LogP contribution in [0.1, 0.15) is 16.8 Å². The number of carboxylic acid groups (broad SMARTS) is 1. The first-order chi connectivity index (χ1) is 9.16. The van der Waals surface area contributed by atoms with E-state index in [-0.39, 0.29) is 5.56 Å². The van der Waals surface area contributed by atoms with Gasteiger partial charge < -0.3 is 19.3 Å². The van der Waals surface area contributed by atoms with E-state index in [9.17, 15) is 4.79 Å². The van der Waals surface area contributed by atoms with Crippen LogP contribution in [0.2, 0.25) is 0 Å². The van der Waals surface area contributed by atoms with E-state index in [0.717, 1.165) is 0 Å². The van der Waals surface area contributed by atoms with E-state index < -0.39 is 5.97 Å². The zero-order valence-corrected chi connectivity index (χ0v) is 12.3. The van der Waals surface area contributed by atoms with Crippen molar-refractivity contribution in [1.29, 1.82) is 0 Å². The van der Waals surface area contributed by atoms with Crippen LogP contribution < -0.4 is 4.74 Å². The van der Waals surface area contributed by atoms with Crippen molar-refractivity contribution in [3.8, 4) is 5.75 Å². The lowest BCUT2D eigenvalue weighted by Gasteiger charge is -2.11. The summed E-state index contributed by atoms with van der Waals surface area (Å²) < 4.78 is 16.3. The Morgan fingerprint density at radius 1 is 1.26 bits per heavy atom. The molecule has 0 aliphatic heterocycles. The Morgan fingerprint density at radius 2 is 2.05 bits per heavy atom. The van der Waals surface area contributed by atoms with Gasteiger partial charge in [0.1, 0.15) is 11.3 Å². The maximum atomic E-state index is 11.0. The van der Waals surface area contributed by atoms with Gasteiger partial charge in [-0.1, -0.05) is 6.07 Å². The predicted molar refractivity (Wildman–Crippen MR) is 73.9 cm³/mol. The lowest BCUT2D eigenvalue weighted by molar-refractivity contribution is 0.0637. The highest BCUT2D eigenvalue weighted by molar-refractivity contribution is 9.10. The first-order valence-electron chi connectivity index (χ1n) is 5.88. The normalized spacial score (nSPS) is 10.4. The molecule has 0 heterocycles. The lowest BCUT2D eigenvalue weighted by atomic mass is 10.2. The predicted octanol–water partition coefficient (Wildman–Crippen LogP) is 2.58. The maximum absolute atomic E-state index is 11.0. The topological polar surface area (TPSA) is 65.0 Å². The standard InChI is InChI=1S/C13H17BrO5/c1-17-8-9-18-6-3-7-19-12-10(13(15)16)4-2-5-11(12)14/h2,4-5H,3,6-9H2,1H3,(H,15,16). The molecule has 0 aliphatic rings. The van der Waals surface area contributed by atoms with Crippen molar-refractivity contribution < 1.29 is 24.1 Å². The van der Waals surface area contributed by atoms with Crippen LogP contribution in [0.3, 0.4) is 0 Å². The van der Waals surface area contributed by atoms with Crippen LogP contribution in [0, 0.1) is 0 Å². The second-order valence-corrected chi connectivity index (χ2v) is 4.58. The number of ether oxygens (including phenoxy) is 3. The largest absolute Gasteiger partial charge is 0.491 e. The van der Waals surface area contributed by atoms with Gasteiger partial charge in [0.25, 0.3) is 0 Å². The van der Waals surface area contributed by atoms with Gasteiger partial charge in [0, 0.05) is 20.1 Å². The molecule has 0 saturated carbocycles. The summed E-state index contributed by atoms with van der Waals surface area (Å²) in [6.07, 6.45) is 0.685. The van der Waals surface area contributed by atoms with Gasteiger partial charge in [-0.15, -0.1) is 0 Å². The van der Waals surface area contributed by atoms with Gasteiger partial charge in [0.15, 0.2) is 0 Å². The van der Waals surface area contributed by atoms with E-state index in [4.69, 9.17) is 19.3 Å². The number of rotatable bonds is 9. The quantitative estimate of drug-likeness (QED) is 0.704. The van der Waals surface area contributed by atoms with Gasteiger partial charge in [-0.25, -0.2) is 4.79 Å². The number of halogens is 1. The minimum Gasteiger partial charge on any atom is -0.491 e. The summed E-state index contributed by atoms with van der Waals surface area (Å²) in [6, 6.07) is 4.92. The van der Waals surface area contributed by atoms with E-state index in [2.05, 4.69) is 15.9 Å². The third-order valence-electron chi connectivity index (χ3n) is 2.31. The molecule has 0 radical (unpaired) electrons. The Balaban J connectivity index is 2.38. The monoisotopic (exact) mass is 332 g/mol. The minimum atomic E-state index is -1.01. The van der Waals surface area contributed by atoms with Crippen molar-refractivity contribution in [3.05, 3.63) is 28.2 Å². The van der Waals surface area contributed by atoms with Crippen molar-refractivity contribution in [2.45, 2.75) is 6.42 Å². The Hall–Kier alpha value is -1.11. The molecule has 1 rings (SSSR count). The third kappa shape index (κ3) is 5.59. The molecule has 0 aliphatic carbocycles. The van der Waals surface area contributed by atoms with Gasteiger partial charge >= 0.3 is 5.97 Å². The molecule has 0 bridgehead atoms. The van der Waals surface area contributed by atoms with E-state index in [1.54, 1.807) is 19.2 Å². The highest BCUT2D eigenvalue weighted by Gasteiger charge is 2.13. The molecule has 0 fully saturated rings. The second kappa shape index (κ2) is 8.90. The molecule has 0 atom stereocenters. The molecule has 6 heteroatoms. The molecule has 1 N–H and O–H groups in total. The average molecular weight is 333 g/mol. The van der Waals surface area contributed by atoms with Crippen molar-refractivity contribution >= 4 is 21.9 Å². The SMILES string of the molecule is COCCOCCCOc1c(Br)cccc1C(=O)O. The van der Waals surface area contributed by atoms with Crippen LogP contribution in [0.25, 0.3) is 0 Å². The lowest BCUT2D eigenvalue weighted by Crippen LogP contribution is -2.09. The number of hydrogen-bond acceptors (Lipinski definition) is 4. The number of carboxylic acids is 1. The van der Waals surface area contributed by atoms with Crippen LogP contribution in [0.5, 0.6) is 5.75 Å². The first kappa shape index (κ1) is 15.9. The molecule has 106 valence electrons. The highest BCUT2D eigenvalue weighted by atomic mass is 79.9. The number of para-hydroxylation sites is 1. The molecule has 1 aromatic rings. The van der Waals surface area contributed by atoms with Crippen molar-refractivity contribution in [3.63, 3.8) is 0 Å². The molecule has 0 aromatic heterocycles. The van der Waals surface area contributed by atoms with Crippen molar-refractivity contribution in [2.24, 2.45) is 0 Å². The van der Waals surface area contributed by atoms with E-state index >= 15 is 0 Å². The molecule has 0 spiro atoms. The first-order valence-corrected chi connectivity index (χ1v) is 6.67. The van der Waals surface area contributed by atoms with Gasteiger partial charge in [-0.3, -0.25) is 0 Å². The smallest absolute Gasteiger partial charge is 0.339 e. The molecule has 5 nitrogen and oxygen atoms in total. The Labute approximate surface area is 120 Å². The number of benzene rings is 1. The average Bonchev–Trinajstić information content (AvgIpc) is 2.39. The van der Waals surface area contributed by atoms with Crippen LogP contribution in [-0.2, 0) is 9.47 Å². The molecule has 0 unspecified atom stereocenters. The summed E-state index contributed by atoms with van der Waals surface area (Å²) in [5, 5.41) is 9.05. The molecule has 1 aromatic carbocycles. The molecular formula is C13H17BrO5. The Bertz CT molecular complexity index is 408. The second-order valence-electron chi connectivity index (χ2n) is 3.73. The van der Waals surface area contributed by atoms with Crippen molar-refractivity contribution in [1.82, 2.24) is 0 Å². The fourth-order valence-corrected chi connectivity index (χ4v) is 1.88. The van der Waals surface area contributed by atoms with Crippen LogP contribution in [0.4, 0.5) is 0 Å². The summed E-state index contributed by atoms with van der Waals surface area (Å²) in [7, 11) is 1.62. The number of methoxy groups -OCH3 is 1. The fraction of sp³-hybridized carbons (Fsp3) is 0.462. The highest BCUT2D eigenvalue weighted by Crippen LogP contribution is 2.29. The Morgan fingerprint density at radius 3 is 2.74 bits per heavy atom. The Kier molecular flexibility index (Phi) is 7.47. The molecule has 19 heavy (non-hydrogen) atoms. The van der Waals surface area contributed by atoms with E-state index in [1.807, 2.05) is 0 Å². The van der Waals surface area contributed by atoms with Gasteiger partial charge in [-0.2, -0.15) is 0 Å². The molecule has 0 amide bonds. The van der Waals surface area contributed by atoms with Crippen LogP contribution >= 0.6 is 15.9 Å². The molecule has 0 saturated heterocycles. The number of carbonyl (C=O) groups is 1. The van der Waals surface area contributed by atoms with Gasteiger partial charge in [0.05, 0.1) is 24.3 Å². The fourth-order valence-electron chi connectivity index (χ4n) is 1.40. The maximum Gasteiger partial charge on any atom is 0.339 e. The third-order valence-corrected chi connectivity index (χ3v) is 2.93. The van der Waals surface area contributed by atoms with Gasteiger partial charge in [-0.05, 0) is 28.1 Å². The summed E-state index contributed by atoms with van der Waals surface area (Å²) in [4.78, 5) is 11.0. The summed E-state index contributed by atoms with van der Waals surface area (Å²) in [5.74, 6) is -0.653. The minimum absolute atomic E-state index is 0.148. The zero-order chi connectivity index (χ0) is 14.1. The summed E-state index contributed by atoms with van der Waals surface area (Å²) >= 11 is 3.28. The van der Waals surface area contributed by atoms with Crippen LogP contribution in [-0.4, -0.2) is 44.6 Å². The van der Waals surface area contributed by atoms with Crippen LogP contribution in [0.15, 0.2) is 22.7 Å². The summed E-state index contributed by atoms with van der Waals surface area (Å²) in [5.41, 5.74) is 0.148. The number of hydrogen-bond donors (Lipinski definition) is 1. The summed E-state index contributed by atoms with van der Waals surface area (Å²) in [6.45, 7) is 2.06. The van der Waals surface area contributed by atoms with E-state index in [1.165, 1.54) is 6.07 Å².